The Balaban J connectivity index is 0.000000156. The van der Waals surface area contributed by atoms with Gasteiger partial charge in [-0.2, -0.15) is 15.3 Å². The van der Waals surface area contributed by atoms with Crippen molar-refractivity contribution < 1.29 is 101 Å². The first-order chi connectivity index (χ1) is 66.0. The summed E-state index contributed by atoms with van der Waals surface area (Å²) in [7, 11) is 0. The number of aromatic hydroxyl groups is 3. The van der Waals surface area contributed by atoms with E-state index in [1.165, 1.54) is 87.5 Å². The lowest BCUT2D eigenvalue weighted by atomic mass is 10.1. The number of amidine groups is 1. The van der Waals surface area contributed by atoms with Crippen molar-refractivity contribution in [2.24, 2.45) is 4.99 Å². The van der Waals surface area contributed by atoms with Crippen LogP contribution in [-0.4, -0.2) is 209 Å². The third-order valence-electron chi connectivity index (χ3n) is 22.8. The van der Waals surface area contributed by atoms with Crippen molar-refractivity contribution in [3.8, 4) is 17.2 Å². The van der Waals surface area contributed by atoms with Crippen LogP contribution in [0.25, 0.3) is 16.6 Å². The Morgan fingerprint density at radius 2 is 0.737 bits per heavy atom. The van der Waals surface area contributed by atoms with E-state index in [0.29, 0.717) is 159 Å². The maximum absolute atomic E-state index is 13.8. The summed E-state index contributed by atoms with van der Waals surface area (Å²) in [5.41, 5.74) is 11.7. The normalized spacial score (nSPS) is 13.4. The molecule has 4 fully saturated rings. The van der Waals surface area contributed by atoms with Gasteiger partial charge in [-0.25, -0.2) is 57.6 Å². The molecule has 0 spiro atoms. The van der Waals surface area contributed by atoms with Crippen LogP contribution in [0.1, 0.15) is 177 Å². The molecule has 9 N–H and O–H groups in total. The summed E-state index contributed by atoms with van der Waals surface area (Å²) in [6.45, 7) is 12.0. The summed E-state index contributed by atoms with van der Waals surface area (Å²) in [5, 5.41) is 59.4. The number of aromatic nitrogens is 9. The number of rotatable bonds is 30. The van der Waals surface area contributed by atoms with Crippen LogP contribution < -0.4 is 31.9 Å². The Hall–Kier alpha value is -17.0. The smallest absolute Gasteiger partial charge is 0.419 e. The van der Waals surface area contributed by atoms with E-state index >= 15 is 0 Å². The van der Waals surface area contributed by atoms with Gasteiger partial charge in [0.2, 0.25) is 20.4 Å². The number of benzene rings is 6. The van der Waals surface area contributed by atoms with Crippen molar-refractivity contribution in [2.75, 3.05) is 49.4 Å². The summed E-state index contributed by atoms with van der Waals surface area (Å²) in [5.74, 6) is -2.30. The van der Waals surface area contributed by atoms with E-state index in [9.17, 15) is 72.9 Å². The highest BCUT2D eigenvalue weighted by Gasteiger charge is 2.44. The number of amides is 9. The summed E-state index contributed by atoms with van der Waals surface area (Å²) in [6, 6.07) is 33.3. The van der Waals surface area contributed by atoms with E-state index in [-0.39, 0.29) is 95.1 Å². The number of hydrogen-bond donors (Lipinski definition) is 9. The molecule has 1 aliphatic heterocycles. The van der Waals surface area contributed by atoms with Gasteiger partial charge in [0.15, 0.2) is 17.5 Å². The predicted octanol–water partition coefficient (Wildman–Crippen LogP) is 12.6. The van der Waals surface area contributed by atoms with Crippen molar-refractivity contribution in [3.05, 3.63) is 261 Å². The first kappa shape index (κ1) is 94.7. The zero-order chi connectivity index (χ0) is 96.8. The molecule has 17 rings (SSSR count). The van der Waals surface area contributed by atoms with Crippen molar-refractivity contribution >= 4 is 129 Å². The van der Waals surface area contributed by atoms with Gasteiger partial charge < -0.3 is 75.6 Å². The van der Waals surface area contributed by atoms with Gasteiger partial charge in [0.1, 0.15) is 58.6 Å². The van der Waals surface area contributed by atoms with Gasteiger partial charge >= 0.3 is 36.2 Å². The second-order valence-corrected chi connectivity index (χ2v) is 33.1. The van der Waals surface area contributed by atoms with Crippen molar-refractivity contribution in [3.63, 3.8) is 0 Å². The number of nitrogens with one attached hydrogen (secondary N) is 6. The van der Waals surface area contributed by atoms with Crippen LogP contribution in [0.5, 0.6) is 17.2 Å². The molecule has 0 bridgehead atoms. The van der Waals surface area contributed by atoms with E-state index in [1.54, 1.807) is 99.6 Å². The van der Waals surface area contributed by atoms with Crippen molar-refractivity contribution in [1.29, 1.82) is 0 Å². The summed E-state index contributed by atoms with van der Waals surface area (Å²) < 4.78 is 35.1. The highest BCUT2D eigenvalue weighted by molar-refractivity contribution is 6.12. The van der Waals surface area contributed by atoms with Crippen LogP contribution in [-0.2, 0) is 62.1 Å². The fraction of sp³-hybridized carbons (Fsp3) is 0.289. The molecule has 6 aromatic carbocycles. The summed E-state index contributed by atoms with van der Waals surface area (Å²) in [4.78, 5) is 175. The molecule has 12 aromatic rings. The molecule has 7 heterocycles. The number of phenolic OH excluding ortho intramolecular Hbond substituents is 3. The van der Waals surface area contributed by atoms with Crippen LogP contribution in [0.3, 0.4) is 0 Å². The Labute approximate surface area is 782 Å². The molecule has 0 unspecified atom stereocenters. The number of imide groups is 3. The highest BCUT2D eigenvalue weighted by atomic mass is 16.7. The lowest BCUT2D eigenvalue weighted by Gasteiger charge is -2.19. The van der Waals surface area contributed by atoms with Crippen LogP contribution >= 0.6 is 0 Å². The van der Waals surface area contributed by atoms with Crippen LogP contribution in [0, 0.1) is 41.5 Å². The molecule has 5 aliphatic rings. The summed E-state index contributed by atoms with van der Waals surface area (Å²) >= 11 is 0. The van der Waals surface area contributed by atoms with Gasteiger partial charge in [-0.3, -0.25) is 48.1 Å². The topological polar surface area (TPSA) is 506 Å². The second kappa shape index (κ2) is 42.3. The maximum Gasteiger partial charge on any atom is 0.419 e. The third kappa shape index (κ3) is 23.6. The minimum absolute atomic E-state index is 0.0711. The monoisotopic (exact) mass is 1860 g/mol. The number of esters is 3. The first-order valence-electron chi connectivity index (χ1n) is 44.1. The molecule has 6 aromatic heterocycles. The number of ether oxygens (including phenoxy) is 6. The summed E-state index contributed by atoms with van der Waals surface area (Å²) in [6.07, 6.45) is 15.7. The predicted molar refractivity (Wildman–Crippen MR) is 494 cm³/mol. The Morgan fingerprint density at radius 3 is 1.04 bits per heavy atom. The Kier molecular flexibility index (Phi) is 29.2. The number of anilines is 6. The zero-order valence-electron chi connectivity index (χ0n) is 75.6. The quantitative estimate of drug-likeness (QED) is 0.0115. The average Bonchev–Trinajstić information content (AvgIpc) is 1.62. The van der Waals surface area contributed by atoms with Crippen molar-refractivity contribution in [1.82, 2.24) is 74.4 Å². The molecule has 4 aliphatic carbocycles. The molecule has 0 radical (unpaired) electrons. The Bertz CT molecular complexity index is 6750. The van der Waals surface area contributed by atoms with Gasteiger partial charge in [-0.15, -0.1) is 0 Å². The standard InChI is InChI=1S/C33H31N7O7.C32H32N6O7.C32H34N6O7/c1-19-5-8-22(31(43)38-27-4-3-13-34-27)15-26(19)37-30-29-20(2)25(16-39(29)36-17-35-30)32(44)40(23-9-10-23)33(45)47-18-46-28(42)14-21-6-11-24(41)12-7-21;1-18-3-6-21(30(41)35-22-7-8-22)14-26(18)36-29-28-19(2)25(15-37(28)34-16-33-29)31(42)38(23-9-10-23)32(43)45-17-44-27(40)13-20-4-11-24(39)12-5-20;1-4-13-33-30(41)22-8-5-19(2)26(15-22)36-29-28-20(3)25(16-37(28)35-17-34-29)31(42)38(23-9-10-23)32(43)45-18-44-27(40)14-21-6-11-24(39)12-7-21/h3-8,11-12,15-17,23,41H,9-10,13-14,18H2,1-2H3,(H,34,38,43)(H,35,36,37);3-6,11-12,14-16,22-23,39H,7-10,13,17H2,1-2H3,(H,35,41)(H,33,34,36);5-8,11-12,15-17,23,39H,4,9-10,13-14,18H2,1-3H3,(H,33,41)(H,34,35,36). The van der Waals surface area contributed by atoms with Gasteiger partial charge in [0.05, 0.1) is 42.5 Å². The van der Waals surface area contributed by atoms with E-state index in [4.69, 9.17) is 28.4 Å². The molecule has 40 heteroatoms. The molecule has 0 saturated heterocycles. The molecule has 9 amide bonds. The first-order valence-corrected chi connectivity index (χ1v) is 44.1. The van der Waals surface area contributed by atoms with Gasteiger partial charge in [-0.1, -0.05) is 67.6 Å². The fourth-order valence-electron chi connectivity index (χ4n) is 14.7. The fourth-order valence-corrected chi connectivity index (χ4v) is 14.7. The van der Waals surface area contributed by atoms with Gasteiger partial charge in [0.25, 0.3) is 35.4 Å². The molecule has 137 heavy (non-hydrogen) atoms. The minimum Gasteiger partial charge on any atom is -0.508 e. The van der Waals surface area contributed by atoms with Crippen LogP contribution in [0.2, 0.25) is 0 Å². The molecule has 40 nitrogen and oxygen atoms in total. The zero-order valence-corrected chi connectivity index (χ0v) is 75.6. The van der Waals surface area contributed by atoms with E-state index in [0.717, 1.165) is 50.7 Å². The van der Waals surface area contributed by atoms with Crippen molar-refractivity contribution in [2.45, 2.75) is 150 Å². The number of hydrogen-bond acceptors (Lipinski definition) is 31. The largest absolute Gasteiger partial charge is 0.508 e. The number of carbonyl (C=O) groups is 12. The molecular formula is C97H97N19O21. The molecule has 0 atom stereocenters. The highest BCUT2D eigenvalue weighted by Crippen LogP contribution is 2.38. The number of carbonyl (C=O) groups excluding carboxylic acids is 12. The van der Waals surface area contributed by atoms with E-state index < -0.39 is 74.3 Å². The molecular weight excluding hydrogens is 1770 g/mol. The van der Waals surface area contributed by atoms with Crippen LogP contribution in [0.15, 0.2) is 182 Å². The number of aliphatic imine (C=N–C) groups is 1. The number of nitrogens with zero attached hydrogens (tertiary/aromatic N) is 13. The van der Waals surface area contributed by atoms with Gasteiger partial charge in [0, 0.05) is 83.1 Å². The SMILES string of the molecule is CCCNC(=O)c1ccc(C)c(Nc2ncnn3cc(C(=O)N(C(=O)OCOC(=O)Cc4ccc(O)cc4)C4CC4)c(C)c23)c1.Cc1ccc(C(=O)NC2=NCC=C2)cc1Nc1ncnn2cc(C(=O)N(C(=O)OCOC(=O)Cc3ccc(O)cc3)C3CC3)c(C)c12.Cc1ccc(C(=O)NC2CC2)cc1Nc1ncnn2cc(C(=O)N(C(=O)OCOC(=O)Cc3ccc(O)cc3)C3CC3)c(C)c12. The number of aryl methyl sites for hydroxylation is 6. The van der Waals surface area contributed by atoms with Gasteiger partial charge in [-0.05, 0) is 228 Å². The lowest BCUT2D eigenvalue weighted by Crippen LogP contribution is -2.39. The average molecular weight is 1860 g/mol. The van der Waals surface area contributed by atoms with Crippen LogP contribution in [0.4, 0.5) is 48.9 Å². The lowest BCUT2D eigenvalue weighted by molar-refractivity contribution is -0.152. The maximum atomic E-state index is 13.8. The number of fused-ring (bicyclic) bond motifs is 3. The van der Waals surface area contributed by atoms with E-state index in [2.05, 4.69) is 67.1 Å². The number of phenols is 3. The molecule has 4 saturated carbocycles. The molecule has 706 valence electrons. The minimum atomic E-state index is -0.932. The second-order valence-electron chi connectivity index (χ2n) is 33.1. The van der Waals surface area contributed by atoms with E-state index in [1.807, 2.05) is 52.0 Å². The third-order valence-corrected chi connectivity index (χ3v) is 22.8. The Morgan fingerprint density at radius 1 is 0.409 bits per heavy atom.